The molecule has 16 heavy (non-hydrogen) atoms. The Morgan fingerprint density at radius 3 is 2.75 bits per heavy atom. The normalized spacial score (nSPS) is 25.2. The number of hydrogen-bond acceptors (Lipinski definition) is 2. The van der Waals surface area contributed by atoms with Gasteiger partial charge in [-0.1, -0.05) is 37.3 Å². The zero-order valence-corrected chi connectivity index (χ0v) is 9.69. The fourth-order valence-corrected chi connectivity index (χ4v) is 2.25. The van der Waals surface area contributed by atoms with Crippen molar-refractivity contribution >= 4 is 5.97 Å². The molecule has 0 spiro atoms. The van der Waals surface area contributed by atoms with Gasteiger partial charge in [0.25, 0.3) is 0 Å². The number of esters is 1. The van der Waals surface area contributed by atoms with Crippen LogP contribution in [0.25, 0.3) is 0 Å². The van der Waals surface area contributed by atoms with Gasteiger partial charge in [-0.15, -0.1) is 0 Å². The lowest BCUT2D eigenvalue weighted by atomic mass is 9.94. The molecule has 0 saturated carbocycles. The second kappa shape index (κ2) is 5.15. The molecule has 1 aromatic carbocycles. The van der Waals surface area contributed by atoms with Crippen LogP contribution in [0.4, 0.5) is 0 Å². The Morgan fingerprint density at radius 1 is 1.31 bits per heavy atom. The highest BCUT2D eigenvalue weighted by atomic mass is 16.5. The molecule has 0 unspecified atom stereocenters. The Balaban J connectivity index is 1.84. The van der Waals surface area contributed by atoms with Crippen LogP contribution < -0.4 is 0 Å². The minimum atomic E-state index is -0.0307. The molecule has 0 N–H and O–H groups in total. The van der Waals surface area contributed by atoms with Crippen LogP contribution in [0.5, 0.6) is 0 Å². The molecule has 2 atom stereocenters. The molecule has 1 fully saturated rings. The van der Waals surface area contributed by atoms with Crippen LogP contribution in [0.15, 0.2) is 30.3 Å². The Kier molecular flexibility index (Phi) is 3.60. The van der Waals surface area contributed by atoms with E-state index in [1.54, 1.807) is 0 Å². The number of hydrogen-bond donors (Lipinski definition) is 0. The van der Waals surface area contributed by atoms with Crippen LogP contribution in [0, 0.1) is 5.92 Å². The van der Waals surface area contributed by atoms with Crippen LogP contribution in [0.3, 0.4) is 0 Å². The monoisotopic (exact) mass is 218 g/mol. The van der Waals surface area contributed by atoms with E-state index in [-0.39, 0.29) is 12.1 Å². The summed E-state index contributed by atoms with van der Waals surface area (Å²) in [4.78, 5) is 11.3. The lowest BCUT2D eigenvalue weighted by molar-refractivity contribution is -0.156. The first-order valence-corrected chi connectivity index (χ1v) is 5.97. The van der Waals surface area contributed by atoms with Crippen LogP contribution >= 0.6 is 0 Å². The summed E-state index contributed by atoms with van der Waals surface area (Å²) in [7, 11) is 0. The second-order valence-corrected chi connectivity index (χ2v) is 4.68. The first-order chi connectivity index (χ1) is 7.74. The molecule has 0 radical (unpaired) electrons. The van der Waals surface area contributed by atoms with E-state index in [1.165, 1.54) is 5.56 Å². The highest BCUT2D eigenvalue weighted by Crippen LogP contribution is 2.23. The summed E-state index contributed by atoms with van der Waals surface area (Å²) in [5, 5.41) is 0. The van der Waals surface area contributed by atoms with Crippen molar-refractivity contribution in [3.8, 4) is 0 Å². The summed E-state index contributed by atoms with van der Waals surface area (Å²) in [6, 6.07) is 10.4. The molecule has 2 heteroatoms. The van der Waals surface area contributed by atoms with E-state index in [4.69, 9.17) is 4.74 Å². The number of carbonyl (C=O) groups is 1. The fraction of sp³-hybridized carbons (Fsp3) is 0.500. The van der Waals surface area contributed by atoms with Crippen molar-refractivity contribution in [2.45, 2.75) is 38.7 Å². The lowest BCUT2D eigenvalue weighted by Crippen LogP contribution is -2.28. The molecule has 1 saturated heterocycles. The molecule has 2 rings (SSSR count). The first kappa shape index (κ1) is 11.2. The van der Waals surface area contributed by atoms with Crippen molar-refractivity contribution < 1.29 is 9.53 Å². The topological polar surface area (TPSA) is 26.3 Å². The van der Waals surface area contributed by atoms with Crippen LogP contribution in [0.1, 0.15) is 31.7 Å². The summed E-state index contributed by atoms with van der Waals surface area (Å²) in [5.41, 5.74) is 1.32. The molecular weight excluding hydrogens is 200 g/mol. The number of ether oxygens (including phenoxy) is 1. The molecule has 0 aromatic heterocycles. The lowest BCUT2D eigenvalue weighted by Gasteiger charge is -2.26. The SMILES string of the molecule is C[C@@H]1CC(=O)O[C@H](CCc2ccccc2)C1. The number of aryl methyl sites for hydroxylation is 1. The summed E-state index contributed by atoms with van der Waals surface area (Å²) in [6.07, 6.45) is 3.66. The van der Waals surface area contributed by atoms with Gasteiger partial charge in [-0.2, -0.15) is 0 Å². The molecule has 0 aliphatic carbocycles. The molecule has 0 bridgehead atoms. The molecular formula is C14H18O2. The van der Waals surface area contributed by atoms with Gasteiger partial charge in [-0.25, -0.2) is 0 Å². The summed E-state index contributed by atoms with van der Waals surface area (Å²) < 4.78 is 5.34. The Bertz CT molecular complexity index is 345. The number of rotatable bonds is 3. The Labute approximate surface area is 96.6 Å². The van der Waals surface area contributed by atoms with Gasteiger partial charge >= 0.3 is 5.97 Å². The first-order valence-electron chi connectivity index (χ1n) is 5.97. The van der Waals surface area contributed by atoms with E-state index < -0.39 is 0 Å². The maximum absolute atomic E-state index is 11.3. The minimum Gasteiger partial charge on any atom is -0.462 e. The average molecular weight is 218 g/mol. The van der Waals surface area contributed by atoms with Gasteiger partial charge in [-0.3, -0.25) is 4.79 Å². The molecule has 0 amide bonds. The molecule has 1 aliphatic heterocycles. The third-order valence-corrected chi connectivity index (χ3v) is 3.08. The quantitative estimate of drug-likeness (QED) is 0.729. The van der Waals surface area contributed by atoms with Gasteiger partial charge in [0.1, 0.15) is 6.10 Å². The largest absolute Gasteiger partial charge is 0.462 e. The van der Waals surface area contributed by atoms with Gasteiger partial charge in [0.15, 0.2) is 0 Å². The van der Waals surface area contributed by atoms with Crippen molar-refractivity contribution in [1.29, 1.82) is 0 Å². The van der Waals surface area contributed by atoms with Crippen LogP contribution in [0.2, 0.25) is 0 Å². The molecule has 1 aromatic rings. The Hall–Kier alpha value is -1.31. The smallest absolute Gasteiger partial charge is 0.306 e. The van der Waals surface area contributed by atoms with Gasteiger partial charge in [0, 0.05) is 6.42 Å². The molecule has 1 aliphatic rings. The number of benzene rings is 1. The average Bonchev–Trinajstić information content (AvgIpc) is 2.27. The number of cyclic esters (lactones) is 1. The Morgan fingerprint density at radius 2 is 2.06 bits per heavy atom. The van der Waals surface area contributed by atoms with Gasteiger partial charge in [-0.05, 0) is 30.7 Å². The summed E-state index contributed by atoms with van der Waals surface area (Å²) >= 11 is 0. The van der Waals surface area contributed by atoms with E-state index in [0.717, 1.165) is 19.3 Å². The number of carbonyl (C=O) groups excluding carboxylic acids is 1. The molecule has 86 valence electrons. The van der Waals surface area contributed by atoms with Crippen molar-refractivity contribution in [2.24, 2.45) is 5.92 Å². The van der Waals surface area contributed by atoms with Gasteiger partial charge in [0.05, 0.1) is 0 Å². The summed E-state index contributed by atoms with van der Waals surface area (Å²) in [5.74, 6) is 0.443. The van der Waals surface area contributed by atoms with Gasteiger partial charge in [0.2, 0.25) is 0 Å². The maximum atomic E-state index is 11.3. The van der Waals surface area contributed by atoms with Crippen molar-refractivity contribution in [3.63, 3.8) is 0 Å². The maximum Gasteiger partial charge on any atom is 0.306 e. The van der Waals surface area contributed by atoms with Crippen molar-refractivity contribution in [3.05, 3.63) is 35.9 Å². The highest BCUT2D eigenvalue weighted by Gasteiger charge is 2.25. The van der Waals surface area contributed by atoms with E-state index in [1.807, 2.05) is 18.2 Å². The van der Waals surface area contributed by atoms with Crippen LogP contribution in [-0.2, 0) is 16.0 Å². The second-order valence-electron chi connectivity index (χ2n) is 4.68. The predicted octanol–water partition coefficient (Wildman–Crippen LogP) is 2.96. The minimum absolute atomic E-state index is 0.0307. The van der Waals surface area contributed by atoms with Crippen molar-refractivity contribution in [2.75, 3.05) is 0 Å². The van der Waals surface area contributed by atoms with E-state index in [2.05, 4.69) is 19.1 Å². The third kappa shape index (κ3) is 3.09. The van der Waals surface area contributed by atoms with Crippen LogP contribution in [-0.4, -0.2) is 12.1 Å². The standard InChI is InChI=1S/C14H18O2/c1-11-9-13(16-14(15)10-11)8-7-12-5-3-2-4-6-12/h2-6,11,13H,7-10H2,1H3/t11-,13+/m0/s1. The van der Waals surface area contributed by atoms with Crippen molar-refractivity contribution in [1.82, 2.24) is 0 Å². The van der Waals surface area contributed by atoms with Gasteiger partial charge < -0.3 is 4.74 Å². The predicted molar refractivity (Wildman–Crippen MR) is 63.0 cm³/mol. The third-order valence-electron chi connectivity index (χ3n) is 3.08. The zero-order valence-electron chi connectivity index (χ0n) is 9.69. The molecule has 1 heterocycles. The van der Waals surface area contributed by atoms with E-state index >= 15 is 0 Å². The molecule has 2 nitrogen and oxygen atoms in total. The highest BCUT2D eigenvalue weighted by molar-refractivity contribution is 5.70. The van der Waals surface area contributed by atoms with E-state index in [9.17, 15) is 4.79 Å². The fourth-order valence-electron chi connectivity index (χ4n) is 2.25. The summed E-state index contributed by atoms with van der Waals surface area (Å²) in [6.45, 7) is 2.12. The van der Waals surface area contributed by atoms with E-state index in [0.29, 0.717) is 12.3 Å². The zero-order chi connectivity index (χ0) is 11.4.